The summed E-state index contributed by atoms with van der Waals surface area (Å²) in [4.78, 5) is 15.0. The molecule has 2 aromatic carbocycles. The first kappa shape index (κ1) is 21.9. The lowest BCUT2D eigenvalue weighted by atomic mass is 10.1. The molecule has 0 radical (unpaired) electrons. The highest BCUT2D eigenvalue weighted by atomic mass is 19.4. The molecule has 0 fully saturated rings. The van der Waals surface area contributed by atoms with Crippen LogP contribution < -0.4 is 5.73 Å². The minimum Gasteiger partial charge on any atom is -0.476 e. The van der Waals surface area contributed by atoms with Crippen molar-refractivity contribution < 1.29 is 27.5 Å². The van der Waals surface area contributed by atoms with Gasteiger partial charge in [-0.2, -0.15) is 18.3 Å². The predicted molar refractivity (Wildman–Crippen MR) is 105 cm³/mol. The molecule has 6 nitrogen and oxygen atoms in total. The third-order valence-electron chi connectivity index (χ3n) is 4.16. The van der Waals surface area contributed by atoms with Crippen molar-refractivity contribution in [3.63, 3.8) is 0 Å². The Morgan fingerprint density at radius 1 is 1.03 bits per heavy atom. The zero-order valence-electron chi connectivity index (χ0n) is 15.8. The van der Waals surface area contributed by atoms with E-state index in [1.165, 1.54) is 12.1 Å². The van der Waals surface area contributed by atoms with E-state index in [0.717, 1.165) is 17.7 Å². The van der Waals surface area contributed by atoms with Gasteiger partial charge in [0.25, 0.3) is 0 Å². The number of halogens is 4. The predicted octanol–water partition coefficient (Wildman–Crippen LogP) is 4.40. The number of benzene rings is 2. The van der Waals surface area contributed by atoms with Gasteiger partial charge in [-0.25, -0.2) is 18.7 Å². The summed E-state index contributed by atoms with van der Waals surface area (Å²) in [6.45, 7) is 0.472. The Labute approximate surface area is 173 Å². The Bertz CT molecular complexity index is 1190. The van der Waals surface area contributed by atoms with Gasteiger partial charge in [0.15, 0.2) is 17.0 Å². The summed E-state index contributed by atoms with van der Waals surface area (Å²) in [6, 6.07) is 16.3. The van der Waals surface area contributed by atoms with E-state index in [0.29, 0.717) is 16.6 Å². The van der Waals surface area contributed by atoms with E-state index in [2.05, 4.69) is 10.1 Å². The van der Waals surface area contributed by atoms with E-state index in [9.17, 15) is 22.4 Å². The highest BCUT2D eigenvalue weighted by Gasteiger charge is 2.35. The van der Waals surface area contributed by atoms with E-state index in [1.807, 2.05) is 0 Å². The first-order valence-corrected chi connectivity index (χ1v) is 8.90. The number of carboxylic acid groups (broad SMARTS) is 1. The summed E-state index contributed by atoms with van der Waals surface area (Å²) in [5.41, 5.74) is 5.07. The lowest BCUT2D eigenvalue weighted by Crippen LogP contribution is -2.14. The standard InChI is InChI=1S/C14H8F3N3O2.C7H8FN/c15-14(16,17)11-6-9(8-4-2-1-3-5-8)18-12-7-10(13(21)22)19-20(11)12;8-7-3-1-6(5-9)2-4-7/h1-7H,(H,21,22);1-4H,5,9H2. The second-order valence-electron chi connectivity index (χ2n) is 6.33. The van der Waals surface area contributed by atoms with Crippen LogP contribution in [0.25, 0.3) is 16.9 Å². The molecular weight excluding hydrogens is 416 g/mol. The number of rotatable bonds is 3. The maximum atomic E-state index is 13.2. The van der Waals surface area contributed by atoms with Gasteiger partial charge in [-0.1, -0.05) is 42.5 Å². The zero-order chi connectivity index (χ0) is 22.6. The smallest absolute Gasteiger partial charge is 0.433 e. The second kappa shape index (κ2) is 8.92. The molecule has 4 rings (SSSR count). The molecule has 4 aromatic rings. The van der Waals surface area contributed by atoms with Crippen LogP contribution in [0, 0.1) is 5.82 Å². The van der Waals surface area contributed by atoms with E-state index >= 15 is 0 Å². The second-order valence-corrected chi connectivity index (χ2v) is 6.33. The molecule has 0 aliphatic carbocycles. The summed E-state index contributed by atoms with van der Waals surface area (Å²) in [7, 11) is 0. The SMILES string of the molecule is NCc1ccc(F)cc1.O=C(O)c1cc2nc(-c3ccccc3)cc(C(F)(F)F)n2n1. The Balaban J connectivity index is 0.000000254. The van der Waals surface area contributed by atoms with Crippen LogP contribution in [0.5, 0.6) is 0 Å². The summed E-state index contributed by atoms with van der Waals surface area (Å²) in [5, 5.41) is 12.3. The molecule has 0 unspecified atom stereocenters. The Morgan fingerprint density at radius 3 is 2.23 bits per heavy atom. The third-order valence-corrected chi connectivity index (χ3v) is 4.16. The topological polar surface area (TPSA) is 93.5 Å². The number of carbonyl (C=O) groups is 1. The van der Waals surface area contributed by atoms with Gasteiger partial charge in [-0.15, -0.1) is 0 Å². The van der Waals surface area contributed by atoms with Crippen molar-refractivity contribution in [2.45, 2.75) is 12.7 Å². The van der Waals surface area contributed by atoms with Crippen LogP contribution in [0.15, 0.2) is 66.7 Å². The average Bonchev–Trinajstić information content (AvgIpc) is 3.18. The van der Waals surface area contributed by atoms with E-state index in [4.69, 9.17) is 10.8 Å². The minimum absolute atomic E-state index is 0.0947. The van der Waals surface area contributed by atoms with Crippen molar-refractivity contribution in [2.75, 3.05) is 0 Å². The monoisotopic (exact) mass is 432 g/mol. The highest BCUT2D eigenvalue weighted by molar-refractivity contribution is 5.86. The molecule has 0 spiro atoms. The molecule has 0 aliphatic rings. The maximum absolute atomic E-state index is 13.2. The molecule has 0 amide bonds. The Kier molecular flexibility index (Phi) is 6.30. The molecule has 0 atom stereocenters. The third kappa shape index (κ3) is 5.23. The highest BCUT2D eigenvalue weighted by Crippen LogP contribution is 2.32. The average molecular weight is 432 g/mol. The summed E-state index contributed by atoms with van der Waals surface area (Å²) >= 11 is 0. The summed E-state index contributed by atoms with van der Waals surface area (Å²) in [5.74, 6) is -1.63. The van der Waals surface area contributed by atoms with E-state index in [-0.39, 0.29) is 17.2 Å². The van der Waals surface area contributed by atoms with Crippen LogP contribution in [0.1, 0.15) is 21.7 Å². The van der Waals surface area contributed by atoms with E-state index in [1.54, 1.807) is 42.5 Å². The molecule has 3 N–H and O–H groups in total. The number of aromatic nitrogens is 3. The number of nitrogens with two attached hydrogens (primary N) is 1. The molecular formula is C21H16F4N4O2. The van der Waals surface area contributed by atoms with Gasteiger partial charge in [0, 0.05) is 18.2 Å². The number of alkyl halides is 3. The minimum atomic E-state index is -4.69. The fraction of sp³-hybridized carbons (Fsp3) is 0.0952. The number of nitrogens with zero attached hydrogens (tertiary/aromatic N) is 3. The van der Waals surface area contributed by atoms with Crippen molar-refractivity contribution in [2.24, 2.45) is 5.73 Å². The van der Waals surface area contributed by atoms with Gasteiger partial charge in [-0.3, -0.25) is 0 Å². The van der Waals surface area contributed by atoms with Gasteiger partial charge in [0.1, 0.15) is 5.82 Å². The summed E-state index contributed by atoms with van der Waals surface area (Å²) < 4.78 is 52.2. The first-order valence-electron chi connectivity index (χ1n) is 8.90. The Hall–Kier alpha value is -3.79. The molecule has 0 saturated heterocycles. The largest absolute Gasteiger partial charge is 0.476 e. The van der Waals surface area contributed by atoms with Gasteiger partial charge in [0.05, 0.1) is 5.69 Å². The molecule has 2 aromatic heterocycles. The van der Waals surface area contributed by atoms with Crippen molar-refractivity contribution in [1.82, 2.24) is 14.6 Å². The molecule has 0 bridgehead atoms. The number of aromatic carboxylic acids is 1. The fourth-order valence-corrected chi connectivity index (χ4v) is 2.66. The fourth-order valence-electron chi connectivity index (χ4n) is 2.66. The molecule has 2 heterocycles. The van der Waals surface area contributed by atoms with Gasteiger partial charge in [0.2, 0.25) is 0 Å². The molecule has 10 heteroatoms. The first-order chi connectivity index (χ1) is 14.7. The van der Waals surface area contributed by atoms with Gasteiger partial charge >= 0.3 is 12.1 Å². The lowest BCUT2D eigenvalue weighted by Gasteiger charge is -2.10. The van der Waals surface area contributed by atoms with Crippen molar-refractivity contribution >= 4 is 11.6 Å². The van der Waals surface area contributed by atoms with Crippen molar-refractivity contribution in [1.29, 1.82) is 0 Å². The van der Waals surface area contributed by atoms with Crippen LogP contribution in [-0.4, -0.2) is 25.7 Å². The molecule has 0 aliphatic heterocycles. The lowest BCUT2D eigenvalue weighted by molar-refractivity contribution is -0.142. The summed E-state index contributed by atoms with van der Waals surface area (Å²) in [6.07, 6.45) is -4.69. The normalized spacial score (nSPS) is 11.1. The van der Waals surface area contributed by atoms with Crippen LogP contribution in [0.2, 0.25) is 0 Å². The van der Waals surface area contributed by atoms with Gasteiger partial charge < -0.3 is 10.8 Å². The quantitative estimate of drug-likeness (QED) is 0.468. The van der Waals surface area contributed by atoms with Crippen LogP contribution in [0.3, 0.4) is 0 Å². The number of hydrogen-bond donors (Lipinski definition) is 2. The number of fused-ring (bicyclic) bond motifs is 1. The Morgan fingerprint density at radius 2 is 1.68 bits per heavy atom. The molecule has 0 saturated carbocycles. The van der Waals surface area contributed by atoms with E-state index < -0.39 is 23.5 Å². The van der Waals surface area contributed by atoms with Crippen molar-refractivity contribution in [3.8, 4) is 11.3 Å². The maximum Gasteiger partial charge on any atom is 0.433 e. The molecule has 31 heavy (non-hydrogen) atoms. The van der Waals surface area contributed by atoms with Crippen LogP contribution in [0.4, 0.5) is 17.6 Å². The van der Waals surface area contributed by atoms with Crippen LogP contribution >= 0.6 is 0 Å². The number of carboxylic acids is 1. The zero-order valence-corrected chi connectivity index (χ0v) is 15.8. The van der Waals surface area contributed by atoms with Gasteiger partial charge in [-0.05, 0) is 23.8 Å². The number of hydrogen-bond acceptors (Lipinski definition) is 4. The van der Waals surface area contributed by atoms with Crippen LogP contribution in [-0.2, 0) is 12.7 Å². The molecule has 160 valence electrons. The van der Waals surface area contributed by atoms with Crippen molar-refractivity contribution in [3.05, 3.63) is 89.5 Å².